The molecule has 21 heavy (non-hydrogen) atoms. The molecule has 110 valence electrons. The number of nitrogens with zero attached hydrogens (tertiary/aromatic N) is 2. The van der Waals surface area contributed by atoms with E-state index in [0.29, 0.717) is 19.1 Å². The molecule has 0 saturated carbocycles. The van der Waals surface area contributed by atoms with Gasteiger partial charge in [0.2, 0.25) is 0 Å². The summed E-state index contributed by atoms with van der Waals surface area (Å²) >= 11 is 0. The van der Waals surface area contributed by atoms with Gasteiger partial charge in [-0.2, -0.15) is 0 Å². The molecule has 0 radical (unpaired) electrons. The SMILES string of the molecule is Cn1cccc1CN=C(N)NC1CCOc2ccccc21. The lowest BCUT2D eigenvalue weighted by Crippen LogP contribution is -2.37. The minimum atomic E-state index is 0.159. The topological polar surface area (TPSA) is 64.6 Å². The van der Waals surface area contributed by atoms with E-state index >= 15 is 0 Å². The van der Waals surface area contributed by atoms with E-state index in [4.69, 9.17) is 10.5 Å². The molecular formula is C16H20N4O. The molecule has 5 nitrogen and oxygen atoms in total. The molecule has 3 rings (SSSR count). The summed E-state index contributed by atoms with van der Waals surface area (Å²) in [4.78, 5) is 4.42. The Morgan fingerprint density at radius 3 is 3.05 bits per heavy atom. The first-order valence-corrected chi connectivity index (χ1v) is 7.12. The monoisotopic (exact) mass is 284 g/mol. The molecule has 3 N–H and O–H groups in total. The van der Waals surface area contributed by atoms with Gasteiger partial charge in [0.1, 0.15) is 5.75 Å². The van der Waals surface area contributed by atoms with E-state index in [1.807, 2.05) is 48.1 Å². The minimum absolute atomic E-state index is 0.159. The molecule has 1 aliphatic rings. The maximum Gasteiger partial charge on any atom is 0.189 e. The van der Waals surface area contributed by atoms with Crippen LogP contribution in [0.15, 0.2) is 47.6 Å². The molecule has 2 heterocycles. The van der Waals surface area contributed by atoms with Crippen LogP contribution in [-0.4, -0.2) is 17.1 Å². The number of hydrogen-bond acceptors (Lipinski definition) is 2. The highest BCUT2D eigenvalue weighted by atomic mass is 16.5. The Labute approximate surface area is 124 Å². The predicted octanol–water partition coefficient (Wildman–Crippen LogP) is 1.95. The Morgan fingerprint density at radius 1 is 1.38 bits per heavy atom. The summed E-state index contributed by atoms with van der Waals surface area (Å²) in [5, 5.41) is 3.30. The third-order valence-corrected chi connectivity index (χ3v) is 3.74. The van der Waals surface area contributed by atoms with Crippen LogP contribution in [0.5, 0.6) is 5.75 Å². The summed E-state index contributed by atoms with van der Waals surface area (Å²) in [7, 11) is 2.00. The van der Waals surface area contributed by atoms with Crippen LogP contribution < -0.4 is 15.8 Å². The first kappa shape index (κ1) is 13.5. The van der Waals surface area contributed by atoms with Crippen molar-refractivity contribution in [3.63, 3.8) is 0 Å². The van der Waals surface area contributed by atoms with Gasteiger partial charge in [-0.1, -0.05) is 18.2 Å². The first-order valence-electron chi connectivity index (χ1n) is 7.12. The summed E-state index contributed by atoms with van der Waals surface area (Å²) in [5.74, 6) is 1.40. The average molecular weight is 284 g/mol. The quantitative estimate of drug-likeness (QED) is 0.669. The van der Waals surface area contributed by atoms with Crippen LogP contribution in [0.25, 0.3) is 0 Å². The van der Waals surface area contributed by atoms with Gasteiger partial charge in [-0.05, 0) is 18.2 Å². The van der Waals surface area contributed by atoms with Crippen molar-refractivity contribution in [2.75, 3.05) is 6.61 Å². The highest BCUT2D eigenvalue weighted by Crippen LogP contribution is 2.31. The fourth-order valence-corrected chi connectivity index (χ4v) is 2.54. The van der Waals surface area contributed by atoms with E-state index in [1.54, 1.807) is 0 Å². The summed E-state index contributed by atoms with van der Waals surface area (Å²) < 4.78 is 7.69. The highest BCUT2D eigenvalue weighted by Gasteiger charge is 2.21. The Hall–Kier alpha value is -2.43. The summed E-state index contributed by atoms with van der Waals surface area (Å²) in [6, 6.07) is 12.3. The van der Waals surface area contributed by atoms with E-state index in [9.17, 15) is 0 Å². The van der Waals surface area contributed by atoms with Crippen molar-refractivity contribution in [2.45, 2.75) is 19.0 Å². The highest BCUT2D eigenvalue weighted by molar-refractivity contribution is 5.78. The molecule has 2 aromatic rings. The second-order valence-electron chi connectivity index (χ2n) is 5.18. The number of guanidine groups is 1. The van der Waals surface area contributed by atoms with E-state index in [-0.39, 0.29) is 6.04 Å². The van der Waals surface area contributed by atoms with Gasteiger partial charge in [0.15, 0.2) is 5.96 Å². The third kappa shape index (κ3) is 3.02. The molecule has 1 aromatic heterocycles. The average Bonchev–Trinajstić information content (AvgIpc) is 2.91. The first-order chi connectivity index (χ1) is 10.2. The molecule has 1 aliphatic heterocycles. The maximum atomic E-state index is 6.02. The number of rotatable bonds is 3. The van der Waals surface area contributed by atoms with Crippen LogP contribution in [0.1, 0.15) is 23.7 Å². The normalized spacial score (nSPS) is 18.0. The van der Waals surface area contributed by atoms with Crippen LogP contribution in [0, 0.1) is 0 Å². The van der Waals surface area contributed by atoms with Crippen molar-refractivity contribution in [3.8, 4) is 5.75 Å². The van der Waals surface area contributed by atoms with Crippen molar-refractivity contribution >= 4 is 5.96 Å². The standard InChI is InChI=1S/C16H20N4O/c1-20-9-4-5-12(20)11-18-16(17)19-14-8-10-21-15-7-3-2-6-13(14)15/h2-7,9,14H,8,10-11H2,1H3,(H3,17,18,19). The summed E-state index contributed by atoms with van der Waals surface area (Å²) in [5.41, 5.74) is 8.29. The van der Waals surface area contributed by atoms with Crippen molar-refractivity contribution in [1.82, 2.24) is 9.88 Å². The number of nitrogens with one attached hydrogen (secondary N) is 1. The van der Waals surface area contributed by atoms with Crippen LogP contribution in [0.4, 0.5) is 0 Å². The van der Waals surface area contributed by atoms with Gasteiger partial charge in [0, 0.05) is 30.9 Å². The van der Waals surface area contributed by atoms with E-state index in [0.717, 1.165) is 23.4 Å². The van der Waals surface area contributed by atoms with Gasteiger partial charge < -0.3 is 20.4 Å². The maximum absolute atomic E-state index is 6.02. The van der Waals surface area contributed by atoms with Gasteiger partial charge in [0.05, 0.1) is 19.2 Å². The van der Waals surface area contributed by atoms with Crippen LogP contribution in [0.3, 0.4) is 0 Å². The zero-order valence-electron chi connectivity index (χ0n) is 12.1. The van der Waals surface area contributed by atoms with Gasteiger partial charge in [0.25, 0.3) is 0 Å². The predicted molar refractivity (Wildman–Crippen MR) is 83.2 cm³/mol. The molecule has 1 unspecified atom stereocenters. The Bertz CT molecular complexity index is 647. The number of nitrogens with two attached hydrogens (primary N) is 1. The summed E-state index contributed by atoms with van der Waals surface area (Å²) in [6.07, 6.45) is 2.89. The lowest BCUT2D eigenvalue weighted by molar-refractivity contribution is 0.262. The van der Waals surface area contributed by atoms with E-state index < -0.39 is 0 Å². The number of para-hydroxylation sites is 1. The van der Waals surface area contributed by atoms with E-state index in [1.165, 1.54) is 0 Å². The number of aliphatic imine (C=N–C) groups is 1. The van der Waals surface area contributed by atoms with Gasteiger partial charge >= 0.3 is 0 Å². The lowest BCUT2D eigenvalue weighted by atomic mass is 10.0. The number of fused-ring (bicyclic) bond motifs is 1. The van der Waals surface area contributed by atoms with Gasteiger partial charge in [-0.25, -0.2) is 4.99 Å². The fraction of sp³-hybridized carbons (Fsp3) is 0.312. The van der Waals surface area contributed by atoms with Crippen molar-refractivity contribution in [2.24, 2.45) is 17.8 Å². The van der Waals surface area contributed by atoms with Crippen LogP contribution in [0.2, 0.25) is 0 Å². The number of aryl methyl sites for hydroxylation is 1. The largest absolute Gasteiger partial charge is 0.493 e. The van der Waals surface area contributed by atoms with Crippen LogP contribution in [-0.2, 0) is 13.6 Å². The molecule has 0 fully saturated rings. The minimum Gasteiger partial charge on any atom is -0.493 e. The number of benzene rings is 1. The van der Waals surface area contributed by atoms with Crippen molar-refractivity contribution in [3.05, 3.63) is 53.9 Å². The Kier molecular flexibility index (Phi) is 3.81. The second-order valence-corrected chi connectivity index (χ2v) is 5.18. The molecule has 0 saturated heterocycles. The zero-order chi connectivity index (χ0) is 14.7. The van der Waals surface area contributed by atoms with E-state index in [2.05, 4.69) is 16.4 Å². The Morgan fingerprint density at radius 2 is 2.24 bits per heavy atom. The molecule has 0 bridgehead atoms. The Balaban J connectivity index is 1.68. The molecule has 1 atom stereocenters. The second kappa shape index (κ2) is 5.91. The molecule has 0 aliphatic carbocycles. The van der Waals surface area contributed by atoms with Crippen LogP contribution >= 0.6 is 0 Å². The zero-order valence-corrected chi connectivity index (χ0v) is 12.1. The third-order valence-electron chi connectivity index (χ3n) is 3.74. The number of ether oxygens (including phenoxy) is 1. The lowest BCUT2D eigenvalue weighted by Gasteiger charge is -2.26. The molecule has 1 aromatic carbocycles. The molecule has 5 heteroatoms. The van der Waals surface area contributed by atoms with Crippen molar-refractivity contribution in [1.29, 1.82) is 0 Å². The summed E-state index contributed by atoms with van der Waals surface area (Å²) in [6.45, 7) is 1.27. The molecule has 0 spiro atoms. The van der Waals surface area contributed by atoms with Gasteiger partial charge in [-0.15, -0.1) is 0 Å². The van der Waals surface area contributed by atoms with Gasteiger partial charge in [-0.3, -0.25) is 0 Å². The smallest absolute Gasteiger partial charge is 0.189 e. The number of aromatic nitrogens is 1. The fourth-order valence-electron chi connectivity index (χ4n) is 2.54. The molecular weight excluding hydrogens is 264 g/mol. The van der Waals surface area contributed by atoms with Crippen molar-refractivity contribution < 1.29 is 4.74 Å². The number of hydrogen-bond donors (Lipinski definition) is 2. The molecule has 0 amide bonds.